The van der Waals surface area contributed by atoms with Gasteiger partial charge in [0.15, 0.2) is 17.4 Å². The van der Waals surface area contributed by atoms with E-state index in [0.717, 1.165) is 11.0 Å². The maximum Gasteiger partial charge on any atom is 0.226 e. The molecule has 0 saturated heterocycles. The highest BCUT2D eigenvalue weighted by molar-refractivity contribution is 5.96. The van der Waals surface area contributed by atoms with Crippen molar-refractivity contribution < 1.29 is 27.2 Å². The van der Waals surface area contributed by atoms with Crippen LogP contribution >= 0.6 is 0 Å². The van der Waals surface area contributed by atoms with Gasteiger partial charge in [0.25, 0.3) is 0 Å². The second kappa shape index (κ2) is 9.72. The molecule has 3 aromatic rings. The first kappa shape index (κ1) is 23.1. The predicted octanol–water partition coefficient (Wildman–Crippen LogP) is 5.49. The molecule has 0 aliphatic carbocycles. The highest BCUT2D eigenvalue weighted by Crippen LogP contribution is 2.30. The second-order valence-corrected chi connectivity index (χ2v) is 7.15. The fraction of sp³-hybridized carbons (Fsp3) is 0.208. The van der Waals surface area contributed by atoms with Gasteiger partial charge in [0, 0.05) is 36.6 Å². The quantitative estimate of drug-likeness (QED) is 0.275. The molecule has 1 heterocycles. The number of carbonyl (C=O) groups excluding carboxylic acids is 2. The highest BCUT2D eigenvalue weighted by Gasteiger charge is 2.20. The molecule has 0 N–H and O–H groups in total. The standard InChI is InChI=1S/C24H20F4N2O2/c1-3-21(32)30(2)18-11-10-17(22(26)23(18)27)14-4-6-15(7-5-14)19(31)12-8-16-9-13-20(25)29-24(16)28/h4-7,9-11,13H,3,8,12H2,1-2H3. The number of rotatable bonds is 7. The van der Waals surface area contributed by atoms with Crippen LogP contribution in [0.3, 0.4) is 0 Å². The zero-order chi connectivity index (χ0) is 23.4. The van der Waals surface area contributed by atoms with Crippen molar-refractivity contribution >= 4 is 17.4 Å². The number of anilines is 1. The fourth-order valence-corrected chi connectivity index (χ4v) is 3.25. The lowest BCUT2D eigenvalue weighted by Gasteiger charge is -2.18. The van der Waals surface area contributed by atoms with Gasteiger partial charge in [0.05, 0.1) is 5.69 Å². The van der Waals surface area contributed by atoms with Crippen LogP contribution < -0.4 is 4.90 Å². The van der Waals surface area contributed by atoms with Gasteiger partial charge in [0.1, 0.15) is 0 Å². The first-order valence-electron chi connectivity index (χ1n) is 9.92. The molecule has 0 bridgehead atoms. The van der Waals surface area contributed by atoms with Crippen molar-refractivity contribution in [2.24, 2.45) is 0 Å². The number of benzene rings is 2. The zero-order valence-electron chi connectivity index (χ0n) is 17.5. The monoisotopic (exact) mass is 444 g/mol. The van der Waals surface area contributed by atoms with E-state index in [9.17, 15) is 27.2 Å². The van der Waals surface area contributed by atoms with Gasteiger partial charge in [-0.3, -0.25) is 9.59 Å². The van der Waals surface area contributed by atoms with Gasteiger partial charge in [-0.15, -0.1) is 0 Å². The van der Waals surface area contributed by atoms with Crippen molar-refractivity contribution in [3.05, 3.63) is 83.2 Å². The van der Waals surface area contributed by atoms with Crippen LogP contribution in [0.5, 0.6) is 0 Å². The number of hydrogen-bond acceptors (Lipinski definition) is 3. The van der Waals surface area contributed by atoms with Gasteiger partial charge < -0.3 is 4.90 Å². The molecule has 1 amide bonds. The maximum absolute atomic E-state index is 14.7. The molecule has 8 heteroatoms. The molecule has 1 aromatic heterocycles. The van der Waals surface area contributed by atoms with E-state index < -0.39 is 23.5 Å². The van der Waals surface area contributed by atoms with E-state index in [1.807, 2.05) is 0 Å². The lowest BCUT2D eigenvalue weighted by molar-refractivity contribution is -0.118. The van der Waals surface area contributed by atoms with Crippen LogP contribution in [0.15, 0.2) is 48.5 Å². The Kier molecular flexibility index (Phi) is 7.02. The van der Waals surface area contributed by atoms with Gasteiger partial charge >= 0.3 is 0 Å². The first-order chi connectivity index (χ1) is 15.2. The maximum atomic E-state index is 14.7. The Morgan fingerprint density at radius 1 is 0.906 bits per heavy atom. The van der Waals surface area contributed by atoms with Crippen LogP contribution in [0, 0.1) is 23.5 Å². The molecular weight excluding hydrogens is 424 g/mol. The van der Waals surface area contributed by atoms with Gasteiger partial charge in [-0.05, 0) is 36.2 Å². The average molecular weight is 444 g/mol. The highest BCUT2D eigenvalue weighted by atomic mass is 19.2. The fourth-order valence-electron chi connectivity index (χ4n) is 3.25. The lowest BCUT2D eigenvalue weighted by Crippen LogP contribution is -2.26. The summed E-state index contributed by atoms with van der Waals surface area (Å²) >= 11 is 0. The molecule has 4 nitrogen and oxygen atoms in total. The lowest BCUT2D eigenvalue weighted by atomic mass is 9.99. The Morgan fingerprint density at radius 3 is 2.22 bits per heavy atom. The van der Waals surface area contributed by atoms with Crippen LogP contribution in [0.4, 0.5) is 23.2 Å². The van der Waals surface area contributed by atoms with Gasteiger partial charge in [-0.25, -0.2) is 8.78 Å². The molecule has 3 rings (SSSR count). The minimum Gasteiger partial charge on any atom is -0.313 e. The summed E-state index contributed by atoms with van der Waals surface area (Å²) in [5, 5.41) is 0. The predicted molar refractivity (Wildman–Crippen MR) is 112 cm³/mol. The van der Waals surface area contributed by atoms with Crippen LogP contribution in [0.1, 0.15) is 35.7 Å². The number of carbonyl (C=O) groups is 2. The SMILES string of the molecule is CCC(=O)N(C)c1ccc(-c2ccc(C(=O)CCc3ccc(F)nc3F)cc2)c(F)c1F. The number of hydrogen-bond donors (Lipinski definition) is 0. The topological polar surface area (TPSA) is 50.3 Å². The number of ketones is 1. The normalized spacial score (nSPS) is 10.8. The Morgan fingerprint density at radius 2 is 1.59 bits per heavy atom. The summed E-state index contributed by atoms with van der Waals surface area (Å²) in [7, 11) is 1.37. The minimum absolute atomic E-state index is 0.0120. The van der Waals surface area contributed by atoms with Crippen molar-refractivity contribution in [1.82, 2.24) is 4.98 Å². The summed E-state index contributed by atoms with van der Waals surface area (Å²) < 4.78 is 55.7. The smallest absolute Gasteiger partial charge is 0.226 e. The number of nitrogens with zero attached hydrogens (tertiary/aromatic N) is 2. The third kappa shape index (κ3) is 4.85. The van der Waals surface area contributed by atoms with Crippen LogP contribution in [0.25, 0.3) is 11.1 Å². The Bertz CT molecular complexity index is 1160. The van der Waals surface area contributed by atoms with Crippen LogP contribution in [-0.2, 0) is 11.2 Å². The van der Waals surface area contributed by atoms with Crippen LogP contribution in [-0.4, -0.2) is 23.7 Å². The van der Waals surface area contributed by atoms with Gasteiger partial charge in [-0.2, -0.15) is 13.8 Å². The van der Waals surface area contributed by atoms with E-state index in [1.54, 1.807) is 6.92 Å². The van der Waals surface area contributed by atoms with E-state index in [1.165, 1.54) is 49.5 Å². The van der Waals surface area contributed by atoms with Crippen LogP contribution in [0.2, 0.25) is 0 Å². The van der Waals surface area contributed by atoms with Crippen molar-refractivity contribution in [1.29, 1.82) is 0 Å². The summed E-state index contributed by atoms with van der Waals surface area (Å²) in [6.07, 6.45) is 0.170. The number of amides is 1. The molecule has 0 radical (unpaired) electrons. The van der Waals surface area contributed by atoms with Crippen molar-refractivity contribution in [3.63, 3.8) is 0 Å². The largest absolute Gasteiger partial charge is 0.313 e. The molecule has 0 spiro atoms. The van der Waals surface area contributed by atoms with Gasteiger partial charge in [0.2, 0.25) is 17.8 Å². The summed E-state index contributed by atoms with van der Waals surface area (Å²) in [5.41, 5.74) is 0.618. The van der Waals surface area contributed by atoms with E-state index in [0.29, 0.717) is 11.1 Å². The number of pyridine rings is 1. The zero-order valence-corrected chi connectivity index (χ0v) is 17.5. The molecule has 0 saturated carbocycles. The number of halogens is 4. The number of Topliss-reactive ketones (excluding diaryl/α,β-unsaturated/α-hetero) is 1. The second-order valence-electron chi connectivity index (χ2n) is 7.15. The molecule has 0 aliphatic heterocycles. The Hall–Kier alpha value is -3.55. The van der Waals surface area contributed by atoms with E-state index in [4.69, 9.17) is 0 Å². The molecule has 32 heavy (non-hydrogen) atoms. The molecule has 0 fully saturated rings. The summed E-state index contributed by atoms with van der Waals surface area (Å²) in [5.74, 6) is -4.77. The van der Waals surface area contributed by atoms with E-state index in [2.05, 4.69) is 4.98 Å². The Labute approximate surface area is 182 Å². The molecular formula is C24H20F4N2O2. The molecule has 0 unspecified atom stereocenters. The van der Waals surface area contributed by atoms with Crippen molar-refractivity contribution in [3.8, 4) is 11.1 Å². The summed E-state index contributed by atoms with van der Waals surface area (Å²) in [6.45, 7) is 1.62. The molecule has 166 valence electrons. The third-order valence-electron chi connectivity index (χ3n) is 5.13. The van der Waals surface area contributed by atoms with Gasteiger partial charge in [-0.1, -0.05) is 31.2 Å². The Balaban J connectivity index is 1.75. The third-order valence-corrected chi connectivity index (χ3v) is 5.13. The average Bonchev–Trinajstić information content (AvgIpc) is 2.79. The molecule has 2 aromatic carbocycles. The first-order valence-corrected chi connectivity index (χ1v) is 9.92. The summed E-state index contributed by atoms with van der Waals surface area (Å²) in [6, 6.07) is 10.8. The number of aryl methyl sites for hydroxylation is 1. The summed E-state index contributed by atoms with van der Waals surface area (Å²) in [4.78, 5) is 28.3. The minimum atomic E-state index is -1.14. The number of aromatic nitrogens is 1. The molecule has 0 aliphatic rings. The van der Waals surface area contributed by atoms with E-state index in [-0.39, 0.29) is 47.8 Å². The van der Waals surface area contributed by atoms with Crippen molar-refractivity contribution in [2.75, 3.05) is 11.9 Å². The molecule has 0 atom stereocenters. The van der Waals surface area contributed by atoms with Crippen molar-refractivity contribution in [2.45, 2.75) is 26.2 Å². The van der Waals surface area contributed by atoms with E-state index >= 15 is 0 Å².